The molecule has 2 heterocycles. The predicted octanol–water partition coefficient (Wildman–Crippen LogP) is -1.48. The van der Waals surface area contributed by atoms with Gasteiger partial charge in [0.2, 0.25) is 5.91 Å². The number of hydrogen-bond acceptors (Lipinski definition) is 8. The molecule has 1 aromatic carbocycles. The lowest BCUT2D eigenvalue weighted by atomic mass is 9.72. The number of carboxylic acids is 1. The minimum absolute atomic E-state index is 0.0868. The van der Waals surface area contributed by atoms with Crippen molar-refractivity contribution in [3.05, 3.63) is 29.3 Å². The molecular formula is C20H22BF3N4O9. The molecule has 0 radical (unpaired) electrons. The smallest absolute Gasteiger partial charge is 0.534 e. The van der Waals surface area contributed by atoms with E-state index < -0.39 is 61.1 Å². The van der Waals surface area contributed by atoms with Crippen molar-refractivity contribution < 1.29 is 57.0 Å². The number of piperazine rings is 1. The van der Waals surface area contributed by atoms with Crippen LogP contribution in [0.5, 0.6) is 5.75 Å². The monoisotopic (exact) mass is 530 g/mol. The number of carbonyl (C=O) groups excluding carboxylic acids is 4. The highest BCUT2D eigenvalue weighted by molar-refractivity contribution is 6.47. The van der Waals surface area contributed by atoms with E-state index in [9.17, 15) is 52.4 Å². The van der Waals surface area contributed by atoms with Gasteiger partial charge in [0.25, 0.3) is 0 Å². The van der Waals surface area contributed by atoms with Gasteiger partial charge in [-0.3, -0.25) is 19.3 Å². The Hall–Kier alpha value is -3.86. The topological polar surface area (TPSA) is 186 Å². The van der Waals surface area contributed by atoms with Crippen LogP contribution in [0, 0.1) is 0 Å². The predicted molar refractivity (Wildman–Crippen MR) is 116 cm³/mol. The second-order valence-electron chi connectivity index (χ2n) is 8.18. The van der Waals surface area contributed by atoms with E-state index in [1.54, 1.807) is 12.2 Å². The number of benzene rings is 1. The summed E-state index contributed by atoms with van der Waals surface area (Å²) < 4.78 is 45.1. The Morgan fingerprint density at radius 3 is 2.49 bits per heavy atom. The van der Waals surface area contributed by atoms with E-state index in [1.807, 2.05) is 5.32 Å². The number of carboxylic acid groups (broad SMARTS) is 1. The fourth-order valence-corrected chi connectivity index (χ4v) is 3.85. The van der Waals surface area contributed by atoms with Gasteiger partial charge in [0.05, 0.1) is 11.5 Å². The molecular weight excluding hydrogens is 508 g/mol. The van der Waals surface area contributed by atoms with E-state index in [-0.39, 0.29) is 42.9 Å². The Bertz CT molecular complexity index is 1120. The second-order valence-corrected chi connectivity index (χ2v) is 8.18. The first-order valence-electron chi connectivity index (χ1n) is 10.9. The van der Waals surface area contributed by atoms with E-state index in [0.717, 1.165) is 4.90 Å². The lowest BCUT2D eigenvalue weighted by molar-refractivity contribution is -0.211. The molecule has 17 heteroatoms. The van der Waals surface area contributed by atoms with Crippen molar-refractivity contribution in [1.82, 2.24) is 20.4 Å². The lowest BCUT2D eigenvalue weighted by Gasteiger charge is -2.34. The number of alkyl halides is 3. The summed E-state index contributed by atoms with van der Waals surface area (Å²) in [6.45, 7) is 1.28. The molecule has 0 saturated carbocycles. The minimum atomic E-state index is -5.39. The third-order valence-corrected chi connectivity index (χ3v) is 5.83. The molecule has 1 aromatic rings. The summed E-state index contributed by atoms with van der Waals surface area (Å²) in [5, 5.41) is 33.0. The number of aliphatic hydroxyl groups excluding tert-OH is 1. The van der Waals surface area contributed by atoms with Crippen LogP contribution in [0.3, 0.4) is 0 Å². The molecule has 13 nitrogen and oxygen atoms in total. The molecule has 3 atom stereocenters. The highest BCUT2D eigenvalue weighted by Crippen LogP contribution is 2.30. The fraction of sp³-hybridized carbons (Fsp3) is 0.450. The zero-order chi connectivity index (χ0) is 27.7. The van der Waals surface area contributed by atoms with E-state index in [1.165, 1.54) is 18.2 Å². The number of likely N-dealkylation sites (N-methyl/N-ethyl adjacent to an activating group) is 1. The molecule has 0 spiro atoms. The van der Waals surface area contributed by atoms with E-state index in [0.29, 0.717) is 4.90 Å². The molecule has 0 aromatic heterocycles. The summed E-state index contributed by atoms with van der Waals surface area (Å²) in [5.74, 6) is -6.94. The standard InChI is InChI=1S/C20H22BF3N4O9/c1-2-27-6-7-28(17(32)16(27)31)19(35)26-12(14(29)20(22,23)24)15(30)25-11-8-9-4-3-5-10(18(33)34)13(9)37-21(11)36/h3-5,11-12,14,29,36H,2,6-8H2,1H3,(H,25,30)(H,26,35)(H,33,34)/t11-,12?,14?/m0/s1. The Labute approximate surface area is 207 Å². The minimum Gasteiger partial charge on any atom is -0.534 e. The Kier molecular flexibility index (Phi) is 7.97. The van der Waals surface area contributed by atoms with E-state index in [2.05, 4.69) is 0 Å². The van der Waals surface area contributed by atoms with Crippen molar-refractivity contribution in [1.29, 1.82) is 0 Å². The zero-order valence-corrected chi connectivity index (χ0v) is 19.2. The van der Waals surface area contributed by atoms with E-state index >= 15 is 0 Å². The molecule has 200 valence electrons. The quantitative estimate of drug-likeness (QED) is 0.216. The first-order chi connectivity index (χ1) is 17.3. The summed E-state index contributed by atoms with van der Waals surface area (Å²) in [6, 6.07) is -0.234. The second kappa shape index (κ2) is 10.6. The van der Waals surface area contributed by atoms with Crippen LogP contribution in [0.2, 0.25) is 0 Å². The van der Waals surface area contributed by atoms with Crippen molar-refractivity contribution in [2.75, 3.05) is 19.6 Å². The van der Waals surface area contributed by atoms with Crippen LogP contribution >= 0.6 is 0 Å². The first-order valence-corrected chi connectivity index (χ1v) is 10.9. The number of aromatic carboxylic acids is 1. The molecule has 5 amide bonds. The van der Waals surface area contributed by atoms with E-state index in [4.69, 9.17) is 4.65 Å². The largest absolute Gasteiger partial charge is 0.547 e. The molecule has 1 saturated heterocycles. The maximum Gasteiger partial charge on any atom is 0.547 e. The van der Waals surface area contributed by atoms with Crippen molar-refractivity contribution in [3.8, 4) is 5.75 Å². The Morgan fingerprint density at radius 2 is 1.89 bits per heavy atom. The Morgan fingerprint density at radius 1 is 1.22 bits per heavy atom. The van der Waals surface area contributed by atoms with Gasteiger partial charge in [-0.05, 0) is 25.0 Å². The first kappa shape index (κ1) is 27.7. The van der Waals surface area contributed by atoms with Crippen LogP contribution in [-0.4, -0.2) is 106 Å². The number of fused-ring (bicyclic) bond motifs is 1. The van der Waals surface area contributed by atoms with Crippen LogP contribution in [0.15, 0.2) is 18.2 Å². The SMILES string of the molecule is CCN1CCN(C(=O)NC(C(=O)N[C@H]2Cc3cccc(C(=O)O)c3OB2O)C(O)C(F)(F)F)C(=O)C1=O. The molecule has 1 fully saturated rings. The number of amides is 5. The highest BCUT2D eigenvalue weighted by Gasteiger charge is 2.49. The molecule has 2 aliphatic heterocycles. The van der Waals surface area contributed by atoms with Crippen LogP contribution < -0.4 is 15.3 Å². The average Bonchev–Trinajstić information content (AvgIpc) is 2.82. The molecule has 37 heavy (non-hydrogen) atoms. The summed E-state index contributed by atoms with van der Waals surface area (Å²) in [5.41, 5.74) is -0.0771. The van der Waals surface area contributed by atoms with Gasteiger partial charge in [-0.15, -0.1) is 0 Å². The van der Waals surface area contributed by atoms with Gasteiger partial charge in [0, 0.05) is 19.6 Å². The van der Waals surface area contributed by atoms with Crippen LogP contribution in [0.4, 0.5) is 18.0 Å². The number of halogens is 3. The molecule has 2 unspecified atom stereocenters. The van der Waals surface area contributed by atoms with Gasteiger partial charge in [0.1, 0.15) is 11.8 Å². The van der Waals surface area contributed by atoms with Gasteiger partial charge in [-0.1, -0.05) is 12.1 Å². The van der Waals surface area contributed by atoms with Gasteiger partial charge >= 0.3 is 37.1 Å². The van der Waals surface area contributed by atoms with Crippen molar-refractivity contribution in [2.24, 2.45) is 0 Å². The number of para-hydroxylation sites is 1. The average molecular weight is 530 g/mol. The molecule has 2 aliphatic rings. The number of aliphatic hydroxyl groups is 1. The maximum absolute atomic E-state index is 13.3. The van der Waals surface area contributed by atoms with Gasteiger partial charge in [-0.2, -0.15) is 13.2 Å². The molecule has 3 rings (SSSR count). The zero-order valence-electron chi connectivity index (χ0n) is 19.2. The summed E-state index contributed by atoms with van der Waals surface area (Å²) in [7, 11) is -1.89. The van der Waals surface area contributed by atoms with Crippen LogP contribution in [-0.2, 0) is 20.8 Å². The number of nitrogens with zero attached hydrogens (tertiary/aromatic N) is 2. The van der Waals surface area contributed by atoms with Crippen molar-refractivity contribution in [2.45, 2.75) is 37.6 Å². The van der Waals surface area contributed by atoms with Crippen molar-refractivity contribution >= 4 is 36.8 Å². The van der Waals surface area contributed by atoms with Gasteiger partial charge in [-0.25, -0.2) is 9.59 Å². The number of carbonyl (C=O) groups is 5. The number of nitrogens with one attached hydrogen (secondary N) is 2. The maximum atomic E-state index is 13.3. The third kappa shape index (κ3) is 5.77. The van der Waals surface area contributed by atoms with Crippen molar-refractivity contribution in [3.63, 3.8) is 0 Å². The summed E-state index contributed by atoms with van der Waals surface area (Å²) in [6.07, 6.45) is -9.08. The number of hydrogen-bond donors (Lipinski definition) is 5. The van der Waals surface area contributed by atoms with Crippen LogP contribution in [0.25, 0.3) is 0 Å². The van der Waals surface area contributed by atoms with Gasteiger partial charge < -0.3 is 35.4 Å². The van der Waals surface area contributed by atoms with Crippen LogP contribution in [0.1, 0.15) is 22.8 Å². The Balaban J connectivity index is 1.79. The third-order valence-electron chi connectivity index (χ3n) is 5.83. The summed E-state index contributed by atoms with van der Waals surface area (Å²) in [4.78, 5) is 62.3. The lowest BCUT2D eigenvalue weighted by Crippen LogP contribution is -2.65. The molecule has 5 N–H and O–H groups in total. The normalized spacial score (nSPS) is 19.5. The molecule has 0 bridgehead atoms. The number of rotatable bonds is 6. The number of imide groups is 1. The van der Waals surface area contributed by atoms with Gasteiger partial charge in [0.15, 0.2) is 6.10 Å². The highest BCUT2D eigenvalue weighted by atomic mass is 19.4. The summed E-state index contributed by atoms with van der Waals surface area (Å²) >= 11 is 0. The fourth-order valence-electron chi connectivity index (χ4n) is 3.85. The molecule has 0 aliphatic carbocycles. The number of urea groups is 1.